The maximum atomic E-state index is 6.86. The summed E-state index contributed by atoms with van der Waals surface area (Å²) in [6.45, 7) is 28.4. The molecule has 170 valence electrons. The van der Waals surface area contributed by atoms with E-state index in [2.05, 4.69) is 93.7 Å². The molecule has 0 saturated heterocycles. The SMILES string of the molecule is CCC(C)C1=NCCc2cc(O[Si](C)(C)C(C)(C)C)c(O[Si](C)(C)C(C)(C)C)cc21. The molecular formula is C25H45NO2Si2. The molecule has 1 aliphatic heterocycles. The minimum absolute atomic E-state index is 0.130. The Labute approximate surface area is 187 Å². The zero-order chi connectivity index (χ0) is 23.1. The first-order chi connectivity index (χ1) is 13.5. The van der Waals surface area contributed by atoms with Gasteiger partial charge in [0, 0.05) is 17.8 Å². The van der Waals surface area contributed by atoms with Crippen molar-refractivity contribution in [1.82, 2.24) is 0 Å². The van der Waals surface area contributed by atoms with Gasteiger partial charge < -0.3 is 8.85 Å². The molecule has 1 aromatic rings. The predicted octanol–water partition coefficient (Wildman–Crippen LogP) is 7.85. The Morgan fingerprint density at radius 3 is 1.80 bits per heavy atom. The molecule has 30 heavy (non-hydrogen) atoms. The van der Waals surface area contributed by atoms with Crippen LogP contribution in [0.15, 0.2) is 17.1 Å². The smallest absolute Gasteiger partial charge is 0.250 e. The Morgan fingerprint density at radius 1 is 0.900 bits per heavy atom. The van der Waals surface area contributed by atoms with Crippen molar-refractivity contribution < 1.29 is 8.85 Å². The van der Waals surface area contributed by atoms with Crippen LogP contribution in [0, 0.1) is 5.92 Å². The molecular weight excluding hydrogens is 402 g/mol. The molecule has 0 aromatic heterocycles. The average Bonchev–Trinajstić information content (AvgIpc) is 2.58. The number of hydrogen-bond acceptors (Lipinski definition) is 3. The van der Waals surface area contributed by atoms with E-state index >= 15 is 0 Å². The topological polar surface area (TPSA) is 30.8 Å². The highest BCUT2D eigenvalue weighted by molar-refractivity contribution is 6.75. The zero-order valence-corrected chi connectivity index (χ0v) is 23.6. The summed E-state index contributed by atoms with van der Waals surface area (Å²) in [6.07, 6.45) is 2.07. The summed E-state index contributed by atoms with van der Waals surface area (Å²) >= 11 is 0. The minimum Gasteiger partial charge on any atom is -0.541 e. The van der Waals surface area contributed by atoms with E-state index in [4.69, 9.17) is 13.8 Å². The van der Waals surface area contributed by atoms with Crippen molar-refractivity contribution in [1.29, 1.82) is 0 Å². The molecule has 1 atom stereocenters. The number of rotatable bonds is 6. The first-order valence-electron chi connectivity index (χ1n) is 11.6. The minimum atomic E-state index is -2.01. The van der Waals surface area contributed by atoms with E-state index in [1.165, 1.54) is 16.8 Å². The van der Waals surface area contributed by atoms with Crippen LogP contribution in [-0.4, -0.2) is 28.9 Å². The fourth-order valence-electron chi connectivity index (χ4n) is 3.06. The third-order valence-corrected chi connectivity index (χ3v) is 16.2. The van der Waals surface area contributed by atoms with E-state index in [0.29, 0.717) is 5.92 Å². The van der Waals surface area contributed by atoms with Crippen LogP contribution in [0.3, 0.4) is 0 Å². The first kappa shape index (κ1) is 25.2. The van der Waals surface area contributed by atoms with Gasteiger partial charge in [0.1, 0.15) is 11.5 Å². The van der Waals surface area contributed by atoms with Gasteiger partial charge in [-0.15, -0.1) is 0 Å². The first-order valence-corrected chi connectivity index (χ1v) is 17.4. The molecule has 0 radical (unpaired) electrons. The van der Waals surface area contributed by atoms with Crippen molar-refractivity contribution >= 4 is 22.3 Å². The van der Waals surface area contributed by atoms with Crippen LogP contribution in [0.4, 0.5) is 0 Å². The Hall–Kier alpha value is -1.08. The maximum Gasteiger partial charge on any atom is 0.250 e. The van der Waals surface area contributed by atoms with Crippen LogP contribution in [0.5, 0.6) is 11.5 Å². The fraction of sp³-hybridized carbons (Fsp3) is 0.720. The van der Waals surface area contributed by atoms with Gasteiger partial charge in [-0.2, -0.15) is 0 Å². The van der Waals surface area contributed by atoms with Gasteiger partial charge in [-0.3, -0.25) is 4.99 Å². The summed E-state index contributed by atoms with van der Waals surface area (Å²) in [5.74, 6) is 2.32. The highest BCUT2D eigenvalue weighted by atomic mass is 28.4. The Kier molecular flexibility index (Phi) is 7.10. The lowest BCUT2D eigenvalue weighted by molar-refractivity contribution is 0.440. The molecule has 0 bridgehead atoms. The molecule has 0 aliphatic carbocycles. The van der Waals surface area contributed by atoms with Crippen LogP contribution in [0.2, 0.25) is 36.3 Å². The van der Waals surface area contributed by atoms with Crippen molar-refractivity contribution in [2.24, 2.45) is 10.9 Å². The molecule has 1 unspecified atom stereocenters. The zero-order valence-electron chi connectivity index (χ0n) is 21.6. The molecule has 1 heterocycles. The van der Waals surface area contributed by atoms with Gasteiger partial charge >= 0.3 is 0 Å². The summed E-state index contributed by atoms with van der Waals surface area (Å²) < 4.78 is 13.7. The quantitative estimate of drug-likeness (QED) is 0.416. The van der Waals surface area contributed by atoms with Crippen LogP contribution >= 0.6 is 0 Å². The fourth-order valence-corrected chi connectivity index (χ4v) is 5.09. The van der Waals surface area contributed by atoms with E-state index in [0.717, 1.165) is 30.9 Å². The summed E-state index contributed by atoms with van der Waals surface area (Å²) in [5, 5.41) is 0.269. The molecule has 2 rings (SSSR count). The van der Waals surface area contributed by atoms with Gasteiger partial charge in [-0.1, -0.05) is 55.4 Å². The van der Waals surface area contributed by atoms with Crippen molar-refractivity contribution in [3.8, 4) is 11.5 Å². The van der Waals surface area contributed by atoms with Crippen LogP contribution in [0.1, 0.15) is 72.9 Å². The van der Waals surface area contributed by atoms with Crippen molar-refractivity contribution in [2.45, 2.75) is 104 Å². The molecule has 0 spiro atoms. The van der Waals surface area contributed by atoms with Gasteiger partial charge in [0.15, 0.2) is 0 Å². The third kappa shape index (κ3) is 5.21. The molecule has 1 aliphatic rings. The highest BCUT2D eigenvalue weighted by Crippen LogP contribution is 2.45. The summed E-state index contributed by atoms with van der Waals surface area (Å²) in [6, 6.07) is 4.53. The molecule has 0 amide bonds. The lowest BCUT2D eigenvalue weighted by Gasteiger charge is -2.40. The Balaban J connectivity index is 2.62. The lowest BCUT2D eigenvalue weighted by Crippen LogP contribution is -2.46. The van der Waals surface area contributed by atoms with Gasteiger partial charge in [0.25, 0.3) is 16.6 Å². The van der Waals surface area contributed by atoms with Gasteiger partial charge in [-0.05, 0) is 72.7 Å². The maximum absolute atomic E-state index is 6.86. The number of hydrogen-bond donors (Lipinski definition) is 0. The predicted molar refractivity (Wildman–Crippen MR) is 137 cm³/mol. The van der Waals surface area contributed by atoms with Gasteiger partial charge in [0.2, 0.25) is 0 Å². The molecule has 5 heteroatoms. The number of nitrogens with zero attached hydrogens (tertiary/aromatic N) is 1. The third-order valence-electron chi connectivity index (χ3n) is 7.53. The summed E-state index contributed by atoms with van der Waals surface area (Å²) in [5.41, 5.74) is 3.86. The van der Waals surface area contributed by atoms with Crippen molar-refractivity contribution in [2.75, 3.05) is 6.54 Å². The van der Waals surface area contributed by atoms with E-state index in [9.17, 15) is 0 Å². The molecule has 0 saturated carbocycles. The summed E-state index contributed by atoms with van der Waals surface area (Å²) in [4.78, 5) is 4.91. The number of aliphatic imine (C=N–C) groups is 1. The van der Waals surface area contributed by atoms with Crippen LogP contribution in [-0.2, 0) is 6.42 Å². The van der Waals surface area contributed by atoms with Crippen LogP contribution < -0.4 is 8.85 Å². The second-order valence-electron chi connectivity index (χ2n) is 12.0. The van der Waals surface area contributed by atoms with E-state index in [-0.39, 0.29) is 10.1 Å². The lowest BCUT2D eigenvalue weighted by atomic mass is 9.89. The molecule has 3 nitrogen and oxygen atoms in total. The average molecular weight is 448 g/mol. The van der Waals surface area contributed by atoms with E-state index < -0.39 is 16.6 Å². The second-order valence-corrected chi connectivity index (χ2v) is 21.5. The number of fused-ring (bicyclic) bond motifs is 1. The monoisotopic (exact) mass is 447 g/mol. The van der Waals surface area contributed by atoms with E-state index in [1.54, 1.807) is 0 Å². The molecule has 1 aromatic carbocycles. The molecule has 0 fully saturated rings. The summed E-state index contributed by atoms with van der Waals surface area (Å²) in [7, 11) is -3.99. The Morgan fingerprint density at radius 2 is 1.37 bits per heavy atom. The van der Waals surface area contributed by atoms with E-state index in [1.807, 2.05) is 0 Å². The van der Waals surface area contributed by atoms with Gasteiger partial charge in [-0.25, -0.2) is 0 Å². The standard InChI is InChI=1S/C25H45NO2Si2/c1-13-18(2)23-20-17-22(28-30(11,12)25(6,7)8)21(16-19(20)14-15-26-23)27-29(9,10)24(3,4)5/h16-18H,13-15H2,1-12H3. The van der Waals surface area contributed by atoms with Crippen molar-refractivity contribution in [3.05, 3.63) is 23.3 Å². The second kappa shape index (κ2) is 8.46. The number of benzene rings is 1. The molecule has 0 N–H and O–H groups in total. The largest absolute Gasteiger partial charge is 0.541 e. The Bertz CT molecular complexity index is 799. The van der Waals surface area contributed by atoms with Crippen LogP contribution in [0.25, 0.3) is 0 Å². The van der Waals surface area contributed by atoms with Crippen molar-refractivity contribution in [3.63, 3.8) is 0 Å². The van der Waals surface area contributed by atoms with Gasteiger partial charge in [0.05, 0.1) is 0 Å². The highest BCUT2D eigenvalue weighted by Gasteiger charge is 2.42. The normalized spacial score (nSPS) is 16.6.